The number of aliphatic hydroxyl groups is 1. The zero-order valence-corrected chi connectivity index (χ0v) is 11.3. The summed E-state index contributed by atoms with van der Waals surface area (Å²) in [5.74, 6) is 0.691. The number of unbranched alkanes of at least 4 members (excludes halogenated alkanes) is 4. The van der Waals surface area contributed by atoms with Crippen molar-refractivity contribution in [1.29, 1.82) is 0 Å². The van der Waals surface area contributed by atoms with Crippen LogP contribution in [0.25, 0.3) is 0 Å². The number of hydrogen-bond acceptors (Lipinski definition) is 2. The molecule has 0 spiro atoms. The minimum Gasteiger partial charge on any atom is -0.392 e. The minimum atomic E-state index is -0.284. The van der Waals surface area contributed by atoms with Gasteiger partial charge in [0.2, 0.25) is 0 Å². The predicted molar refractivity (Wildman–Crippen MR) is 71.5 cm³/mol. The molecule has 0 heterocycles. The number of hydrogen-bond donors (Lipinski definition) is 2. The first-order valence-corrected chi connectivity index (χ1v) is 7.12. The Labute approximate surface area is 102 Å². The topological polar surface area (TPSA) is 46.2 Å². The van der Waals surface area contributed by atoms with E-state index in [1.807, 2.05) is 0 Å². The second-order valence-electron chi connectivity index (χ2n) is 4.98. The van der Waals surface area contributed by atoms with Crippen molar-refractivity contribution in [3.8, 4) is 0 Å². The van der Waals surface area contributed by atoms with Crippen molar-refractivity contribution in [2.45, 2.75) is 77.7 Å². The van der Waals surface area contributed by atoms with E-state index in [-0.39, 0.29) is 6.10 Å². The van der Waals surface area contributed by atoms with Crippen LogP contribution in [0, 0.1) is 5.92 Å². The van der Waals surface area contributed by atoms with E-state index >= 15 is 0 Å². The van der Waals surface area contributed by atoms with Crippen molar-refractivity contribution < 1.29 is 5.11 Å². The first kappa shape index (κ1) is 15.9. The Morgan fingerprint density at radius 2 is 1.44 bits per heavy atom. The monoisotopic (exact) mass is 229 g/mol. The molecule has 0 aromatic rings. The number of rotatable bonds is 11. The van der Waals surface area contributed by atoms with E-state index in [1.165, 1.54) is 51.4 Å². The molecule has 0 radical (unpaired) electrons. The van der Waals surface area contributed by atoms with Crippen LogP contribution in [0.5, 0.6) is 0 Å². The summed E-state index contributed by atoms with van der Waals surface area (Å²) in [4.78, 5) is 0. The number of nitrogens with two attached hydrogens (primary N) is 1. The van der Waals surface area contributed by atoms with E-state index in [2.05, 4.69) is 13.8 Å². The smallest absolute Gasteiger partial charge is 0.0665 e. The molecule has 0 aliphatic carbocycles. The summed E-state index contributed by atoms with van der Waals surface area (Å²) in [5.41, 5.74) is 5.48. The second kappa shape index (κ2) is 11.4. The molecule has 0 aromatic heterocycles. The van der Waals surface area contributed by atoms with Gasteiger partial charge in [0.25, 0.3) is 0 Å². The Kier molecular flexibility index (Phi) is 11.3. The molecule has 16 heavy (non-hydrogen) atoms. The fourth-order valence-corrected chi connectivity index (χ4v) is 2.23. The van der Waals surface area contributed by atoms with Gasteiger partial charge in [-0.05, 0) is 12.3 Å². The summed E-state index contributed by atoms with van der Waals surface area (Å²) >= 11 is 0. The highest BCUT2D eigenvalue weighted by molar-refractivity contribution is 4.66. The molecule has 3 N–H and O–H groups in total. The summed E-state index contributed by atoms with van der Waals surface area (Å²) in [6.07, 6.45) is 11.0. The molecule has 0 amide bonds. The Hall–Kier alpha value is -0.0800. The van der Waals surface area contributed by atoms with Crippen LogP contribution in [0.15, 0.2) is 0 Å². The van der Waals surface area contributed by atoms with Gasteiger partial charge in [0.15, 0.2) is 0 Å². The van der Waals surface area contributed by atoms with Gasteiger partial charge in [-0.3, -0.25) is 0 Å². The van der Waals surface area contributed by atoms with Crippen molar-refractivity contribution in [3.05, 3.63) is 0 Å². The maximum atomic E-state index is 9.62. The predicted octanol–water partition coefficient (Wildman–Crippen LogP) is 3.47. The summed E-state index contributed by atoms with van der Waals surface area (Å²) in [6, 6.07) is 0. The average Bonchev–Trinajstić information content (AvgIpc) is 2.29. The lowest BCUT2D eigenvalue weighted by atomic mass is 9.90. The molecule has 0 saturated heterocycles. The van der Waals surface area contributed by atoms with Crippen LogP contribution >= 0.6 is 0 Å². The lowest BCUT2D eigenvalue weighted by molar-refractivity contribution is 0.142. The van der Waals surface area contributed by atoms with Crippen LogP contribution in [-0.2, 0) is 0 Å². The van der Waals surface area contributed by atoms with Gasteiger partial charge in [-0.1, -0.05) is 65.2 Å². The minimum absolute atomic E-state index is 0.284. The Morgan fingerprint density at radius 3 is 1.81 bits per heavy atom. The molecule has 1 atom stereocenters. The first-order valence-electron chi connectivity index (χ1n) is 7.12. The van der Waals surface area contributed by atoms with Gasteiger partial charge in [0.1, 0.15) is 0 Å². The summed E-state index contributed by atoms with van der Waals surface area (Å²) in [7, 11) is 0. The molecule has 0 saturated carbocycles. The Bertz CT molecular complexity index is 129. The fourth-order valence-electron chi connectivity index (χ4n) is 2.23. The summed E-state index contributed by atoms with van der Waals surface area (Å²) in [5, 5.41) is 9.62. The maximum absolute atomic E-state index is 9.62. The van der Waals surface area contributed by atoms with Gasteiger partial charge in [-0.25, -0.2) is 0 Å². The standard InChI is InChI=1S/C14H31NO/c1-3-5-7-9-13(10-8-6-4-2)11-14(16)12-15/h13-14,16H,3-12,15H2,1-2H3. The van der Waals surface area contributed by atoms with Gasteiger partial charge in [-0.15, -0.1) is 0 Å². The molecule has 2 nitrogen and oxygen atoms in total. The molecule has 0 aliphatic rings. The van der Waals surface area contributed by atoms with Crippen LogP contribution in [0.3, 0.4) is 0 Å². The molecule has 98 valence electrons. The van der Waals surface area contributed by atoms with Crippen molar-refractivity contribution >= 4 is 0 Å². The Balaban J connectivity index is 3.75. The van der Waals surface area contributed by atoms with Gasteiger partial charge >= 0.3 is 0 Å². The molecular formula is C14H31NO. The zero-order chi connectivity index (χ0) is 12.2. The van der Waals surface area contributed by atoms with Crippen LogP contribution < -0.4 is 5.73 Å². The van der Waals surface area contributed by atoms with Gasteiger partial charge in [0.05, 0.1) is 6.10 Å². The van der Waals surface area contributed by atoms with Crippen molar-refractivity contribution in [2.75, 3.05) is 6.54 Å². The van der Waals surface area contributed by atoms with E-state index < -0.39 is 0 Å². The van der Waals surface area contributed by atoms with Crippen LogP contribution in [0.2, 0.25) is 0 Å². The van der Waals surface area contributed by atoms with E-state index in [4.69, 9.17) is 5.73 Å². The molecule has 2 heteroatoms. The van der Waals surface area contributed by atoms with Crippen molar-refractivity contribution in [3.63, 3.8) is 0 Å². The molecule has 1 unspecified atom stereocenters. The van der Waals surface area contributed by atoms with Crippen molar-refractivity contribution in [2.24, 2.45) is 11.7 Å². The molecule has 0 rings (SSSR count). The van der Waals surface area contributed by atoms with E-state index in [9.17, 15) is 5.11 Å². The lowest BCUT2D eigenvalue weighted by Gasteiger charge is -2.19. The lowest BCUT2D eigenvalue weighted by Crippen LogP contribution is -2.23. The van der Waals surface area contributed by atoms with E-state index in [0.717, 1.165) is 6.42 Å². The van der Waals surface area contributed by atoms with Gasteiger partial charge < -0.3 is 10.8 Å². The molecule has 0 aromatic carbocycles. The normalized spacial score (nSPS) is 13.3. The van der Waals surface area contributed by atoms with Crippen LogP contribution in [0.1, 0.15) is 71.6 Å². The highest BCUT2D eigenvalue weighted by Crippen LogP contribution is 2.22. The first-order chi connectivity index (χ1) is 7.74. The molecular weight excluding hydrogens is 198 g/mol. The molecule has 0 fully saturated rings. The van der Waals surface area contributed by atoms with Crippen LogP contribution in [-0.4, -0.2) is 17.8 Å². The maximum Gasteiger partial charge on any atom is 0.0665 e. The van der Waals surface area contributed by atoms with Gasteiger partial charge in [-0.2, -0.15) is 0 Å². The summed E-state index contributed by atoms with van der Waals surface area (Å²) < 4.78 is 0. The average molecular weight is 229 g/mol. The zero-order valence-electron chi connectivity index (χ0n) is 11.3. The highest BCUT2D eigenvalue weighted by atomic mass is 16.3. The molecule has 0 bridgehead atoms. The van der Waals surface area contributed by atoms with E-state index in [1.54, 1.807) is 0 Å². The van der Waals surface area contributed by atoms with Crippen molar-refractivity contribution in [1.82, 2.24) is 0 Å². The number of aliphatic hydroxyl groups excluding tert-OH is 1. The fraction of sp³-hybridized carbons (Fsp3) is 1.00. The van der Waals surface area contributed by atoms with E-state index in [0.29, 0.717) is 12.5 Å². The van der Waals surface area contributed by atoms with Crippen LogP contribution in [0.4, 0.5) is 0 Å². The third-order valence-electron chi connectivity index (χ3n) is 3.31. The Morgan fingerprint density at radius 1 is 0.938 bits per heavy atom. The van der Waals surface area contributed by atoms with Gasteiger partial charge in [0, 0.05) is 6.54 Å². The third kappa shape index (κ3) is 9.17. The highest BCUT2D eigenvalue weighted by Gasteiger charge is 2.12. The second-order valence-corrected chi connectivity index (χ2v) is 4.98. The SMILES string of the molecule is CCCCCC(CCCCC)CC(O)CN. The quantitative estimate of drug-likeness (QED) is 0.533. The molecule has 0 aliphatic heterocycles. The third-order valence-corrected chi connectivity index (χ3v) is 3.31. The summed E-state index contributed by atoms with van der Waals surface area (Å²) in [6.45, 7) is 4.89. The largest absolute Gasteiger partial charge is 0.392 e.